The minimum Gasteiger partial charge on any atom is -0.492 e. The third-order valence-corrected chi connectivity index (χ3v) is 3.49. The first kappa shape index (κ1) is 17.5. The number of hydrogen-bond donors (Lipinski definition) is 3. The molecule has 0 spiro atoms. The molecule has 0 aliphatic carbocycles. The van der Waals surface area contributed by atoms with Gasteiger partial charge in [0.2, 0.25) is 0 Å². The molecule has 0 amide bonds. The van der Waals surface area contributed by atoms with E-state index < -0.39 is 31.7 Å². The van der Waals surface area contributed by atoms with Crippen LogP contribution in [-0.2, 0) is 20.2 Å². The Bertz CT molecular complexity index is 627. The summed E-state index contributed by atoms with van der Waals surface area (Å²) in [6, 6.07) is 4.17. The van der Waals surface area contributed by atoms with Crippen LogP contribution in [0, 0.1) is 0 Å². The molecule has 0 saturated heterocycles. The van der Waals surface area contributed by atoms with Crippen LogP contribution in [0.1, 0.15) is 0 Å². The lowest BCUT2D eigenvalue weighted by atomic mass is 10.3. The van der Waals surface area contributed by atoms with Crippen molar-refractivity contribution in [3.8, 4) is 11.5 Å². The lowest BCUT2D eigenvalue weighted by molar-refractivity contribution is 0.320. The molecule has 9 nitrogen and oxygen atoms in total. The van der Waals surface area contributed by atoms with Crippen molar-refractivity contribution in [2.75, 3.05) is 30.5 Å². The third kappa shape index (κ3) is 8.34. The summed E-state index contributed by atoms with van der Waals surface area (Å²) in [7, 11) is -8.25. The van der Waals surface area contributed by atoms with Crippen LogP contribution >= 0.6 is 0 Å². The quantitative estimate of drug-likeness (QED) is 0.431. The molecule has 21 heavy (non-hydrogen) atoms. The summed E-state index contributed by atoms with van der Waals surface area (Å²) < 4.78 is 69.4. The van der Waals surface area contributed by atoms with E-state index in [1.54, 1.807) is 0 Å². The van der Waals surface area contributed by atoms with E-state index in [9.17, 15) is 16.8 Å². The van der Waals surface area contributed by atoms with Gasteiger partial charge in [0.05, 0.1) is 0 Å². The Hall–Kier alpha value is -1.56. The van der Waals surface area contributed by atoms with Gasteiger partial charge in [-0.3, -0.25) is 9.11 Å². The predicted molar refractivity (Wildman–Crippen MR) is 74.7 cm³/mol. The first-order chi connectivity index (χ1) is 9.55. The minimum absolute atomic E-state index is 0.195. The molecule has 4 N–H and O–H groups in total. The van der Waals surface area contributed by atoms with Gasteiger partial charge in [-0.2, -0.15) is 16.8 Å². The molecule has 1 aromatic rings. The monoisotopic (exact) mass is 341 g/mol. The van der Waals surface area contributed by atoms with Crippen LogP contribution in [0.2, 0.25) is 0 Å². The molecule has 0 heterocycles. The Balaban J connectivity index is 2.62. The number of nitrogen functional groups attached to an aromatic ring is 1. The highest BCUT2D eigenvalue weighted by Crippen LogP contribution is 2.24. The van der Waals surface area contributed by atoms with E-state index in [1.807, 2.05) is 0 Å². The third-order valence-electron chi connectivity index (χ3n) is 2.12. The van der Waals surface area contributed by atoms with Crippen molar-refractivity contribution in [1.29, 1.82) is 0 Å². The van der Waals surface area contributed by atoms with Crippen LogP contribution in [0.3, 0.4) is 0 Å². The average Bonchev–Trinajstić information content (AvgIpc) is 2.24. The van der Waals surface area contributed by atoms with E-state index in [0.29, 0.717) is 0 Å². The van der Waals surface area contributed by atoms with Crippen LogP contribution in [0.4, 0.5) is 5.69 Å². The topological polar surface area (TPSA) is 153 Å². The highest BCUT2D eigenvalue weighted by atomic mass is 32.2. The van der Waals surface area contributed by atoms with E-state index in [2.05, 4.69) is 0 Å². The fourth-order valence-electron chi connectivity index (χ4n) is 1.29. The van der Waals surface area contributed by atoms with E-state index >= 15 is 0 Å². The number of anilines is 1. The van der Waals surface area contributed by atoms with Gasteiger partial charge in [-0.15, -0.1) is 0 Å². The fourth-order valence-corrected chi connectivity index (χ4v) is 1.88. The van der Waals surface area contributed by atoms with Crippen molar-refractivity contribution in [1.82, 2.24) is 0 Å². The van der Waals surface area contributed by atoms with Crippen molar-refractivity contribution in [2.24, 2.45) is 0 Å². The van der Waals surface area contributed by atoms with Crippen LogP contribution in [0.5, 0.6) is 11.5 Å². The summed E-state index contributed by atoms with van der Waals surface area (Å²) in [5, 5.41) is 0. The number of ether oxygens (including phenoxy) is 2. The van der Waals surface area contributed by atoms with Crippen LogP contribution in [0.25, 0.3) is 0 Å². The molecule has 1 rings (SSSR count). The zero-order chi connectivity index (χ0) is 16.1. The molecule has 0 bridgehead atoms. The van der Waals surface area contributed by atoms with E-state index in [1.165, 1.54) is 18.2 Å². The second-order valence-corrected chi connectivity index (χ2v) is 7.15. The molecule has 0 aliphatic rings. The number of benzene rings is 1. The summed E-state index contributed by atoms with van der Waals surface area (Å²) in [6.45, 7) is -0.570. The molecular formula is C10H15NO8S2. The van der Waals surface area contributed by atoms with Gasteiger partial charge >= 0.3 is 0 Å². The second-order valence-electron chi connectivity index (χ2n) is 4.01. The predicted octanol–water partition coefficient (Wildman–Crippen LogP) is -0.198. The van der Waals surface area contributed by atoms with Crippen molar-refractivity contribution in [3.63, 3.8) is 0 Å². The summed E-state index contributed by atoms with van der Waals surface area (Å²) in [4.78, 5) is 0. The second kappa shape index (κ2) is 6.93. The SMILES string of the molecule is Nc1cc(OCCS(=O)(=O)O)cc(OCCS(=O)(=O)O)c1. The molecule has 120 valence electrons. The number of nitrogens with two attached hydrogens (primary N) is 1. The molecule has 1 aromatic carbocycles. The standard InChI is InChI=1S/C10H15NO8S2/c11-8-5-9(18-1-3-20(12,13)14)7-10(6-8)19-2-4-21(15,16)17/h5-7H,1-4,11H2,(H,12,13,14)(H,15,16,17). The molecule has 11 heteroatoms. The van der Waals surface area contributed by atoms with Crippen molar-refractivity contribution in [2.45, 2.75) is 0 Å². The zero-order valence-electron chi connectivity index (χ0n) is 10.8. The first-order valence-corrected chi connectivity index (χ1v) is 8.83. The largest absolute Gasteiger partial charge is 0.492 e. The summed E-state index contributed by atoms with van der Waals surface area (Å²) in [5.74, 6) is -0.775. The Morgan fingerprint density at radius 3 is 1.57 bits per heavy atom. The van der Waals surface area contributed by atoms with Gasteiger partial charge in [0.1, 0.15) is 36.2 Å². The van der Waals surface area contributed by atoms with Gasteiger partial charge in [0.25, 0.3) is 20.2 Å². The van der Waals surface area contributed by atoms with Gasteiger partial charge in [0.15, 0.2) is 0 Å². The van der Waals surface area contributed by atoms with Gasteiger partial charge in [-0.1, -0.05) is 0 Å². The van der Waals surface area contributed by atoms with Crippen LogP contribution in [0.15, 0.2) is 18.2 Å². The smallest absolute Gasteiger partial charge is 0.268 e. The van der Waals surface area contributed by atoms with E-state index in [4.69, 9.17) is 24.3 Å². The normalized spacial score (nSPS) is 12.1. The molecule has 0 unspecified atom stereocenters. The number of hydrogen-bond acceptors (Lipinski definition) is 7. The summed E-state index contributed by atoms with van der Waals surface area (Å²) >= 11 is 0. The summed E-state index contributed by atoms with van der Waals surface area (Å²) in [5.41, 5.74) is 5.83. The van der Waals surface area contributed by atoms with Crippen LogP contribution < -0.4 is 15.2 Å². The van der Waals surface area contributed by atoms with Crippen molar-refractivity contribution in [3.05, 3.63) is 18.2 Å². The lowest BCUT2D eigenvalue weighted by Gasteiger charge is -2.10. The van der Waals surface area contributed by atoms with E-state index in [0.717, 1.165) is 0 Å². The van der Waals surface area contributed by atoms with Gasteiger partial charge < -0.3 is 15.2 Å². The maximum atomic E-state index is 10.5. The molecule has 0 atom stereocenters. The van der Waals surface area contributed by atoms with Gasteiger partial charge in [-0.05, 0) is 0 Å². The molecular weight excluding hydrogens is 326 g/mol. The Morgan fingerprint density at radius 1 is 0.857 bits per heavy atom. The van der Waals surface area contributed by atoms with Gasteiger partial charge in [0, 0.05) is 23.9 Å². The molecule has 0 saturated carbocycles. The lowest BCUT2D eigenvalue weighted by Crippen LogP contribution is -2.13. The minimum atomic E-state index is -4.13. The Morgan fingerprint density at radius 2 is 1.24 bits per heavy atom. The maximum Gasteiger partial charge on any atom is 0.268 e. The first-order valence-electron chi connectivity index (χ1n) is 5.62. The van der Waals surface area contributed by atoms with Crippen LogP contribution in [-0.4, -0.2) is 50.7 Å². The maximum absolute atomic E-state index is 10.5. The highest BCUT2D eigenvalue weighted by Gasteiger charge is 2.08. The summed E-state index contributed by atoms with van der Waals surface area (Å²) in [6.07, 6.45) is 0. The zero-order valence-corrected chi connectivity index (χ0v) is 12.4. The van der Waals surface area contributed by atoms with Crippen molar-refractivity contribution >= 4 is 25.9 Å². The van der Waals surface area contributed by atoms with Gasteiger partial charge in [-0.25, -0.2) is 0 Å². The van der Waals surface area contributed by atoms with Crippen molar-refractivity contribution < 1.29 is 35.4 Å². The molecule has 0 aromatic heterocycles. The molecule has 0 radical (unpaired) electrons. The molecule has 0 aliphatic heterocycles. The Kier molecular flexibility index (Phi) is 5.78. The van der Waals surface area contributed by atoms with E-state index in [-0.39, 0.29) is 30.4 Å². The fraction of sp³-hybridized carbons (Fsp3) is 0.400. The Labute approximate surface area is 122 Å². The highest BCUT2D eigenvalue weighted by molar-refractivity contribution is 7.86. The number of rotatable bonds is 8. The average molecular weight is 341 g/mol. The molecule has 0 fully saturated rings.